The van der Waals surface area contributed by atoms with Crippen molar-refractivity contribution in [3.05, 3.63) is 64.5 Å². The maximum atomic E-state index is 13.2. The van der Waals surface area contributed by atoms with Crippen LogP contribution in [0.5, 0.6) is 5.75 Å². The molecule has 0 bridgehead atoms. The van der Waals surface area contributed by atoms with E-state index >= 15 is 0 Å². The Morgan fingerprint density at radius 1 is 1.17 bits per heavy atom. The molecule has 1 aliphatic carbocycles. The molecule has 18 heavy (non-hydrogen) atoms. The van der Waals surface area contributed by atoms with E-state index in [1.54, 1.807) is 25.3 Å². The van der Waals surface area contributed by atoms with Gasteiger partial charge in [0.05, 0.1) is 7.11 Å². The number of fused-ring (bicyclic) bond motifs is 2. The van der Waals surface area contributed by atoms with Crippen molar-refractivity contribution in [2.45, 2.75) is 6.42 Å². The molecule has 0 saturated heterocycles. The summed E-state index contributed by atoms with van der Waals surface area (Å²) in [5.41, 5.74) is 2.78. The van der Waals surface area contributed by atoms with Gasteiger partial charge in [-0.3, -0.25) is 4.79 Å². The van der Waals surface area contributed by atoms with Gasteiger partial charge in [0.25, 0.3) is 0 Å². The van der Waals surface area contributed by atoms with Crippen molar-refractivity contribution in [3.8, 4) is 5.75 Å². The molecule has 0 saturated carbocycles. The van der Waals surface area contributed by atoms with Gasteiger partial charge in [0.15, 0.2) is 5.78 Å². The van der Waals surface area contributed by atoms with Gasteiger partial charge in [0.1, 0.15) is 11.6 Å². The first-order valence-corrected chi connectivity index (χ1v) is 5.69. The zero-order valence-electron chi connectivity index (χ0n) is 9.87. The van der Waals surface area contributed by atoms with E-state index in [1.807, 2.05) is 6.07 Å². The topological polar surface area (TPSA) is 26.3 Å². The van der Waals surface area contributed by atoms with Crippen LogP contribution in [0, 0.1) is 5.82 Å². The number of benzene rings is 2. The fraction of sp³-hybridized carbons (Fsp3) is 0.133. The van der Waals surface area contributed by atoms with Gasteiger partial charge in [-0.2, -0.15) is 0 Å². The normalized spacial score (nSPS) is 12.9. The lowest BCUT2D eigenvalue weighted by atomic mass is 9.84. The van der Waals surface area contributed by atoms with Gasteiger partial charge in [0.2, 0.25) is 0 Å². The van der Waals surface area contributed by atoms with Crippen molar-refractivity contribution >= 4 is 5.78 Å². The Hall–Kier alpha value is -2.16. The Labute approximate surface area is 104 Å². The first kappa shape index (κ1) is 11.0. The third-order valence-corrected chi connectivity index (χ3v) is 3.28. The van der Waals surface area contributed by atoms with Crippen LogP contribution in [0.4, 0.5) is 4.39 Å². The molecular formula is C15H11FO2. The Morgan fingerprint density at radius 3 is 2.78 bits per heavy atom. The zero-order chi connectivity index (χ0) is 12.7. The largest absolute Gasteiger partial charge is 0.496 e. The first-order valence-electron chi connectivity index (χ1n) is 5.69. The fourth-order valence-electron chi connectivity index (χ4n) is 2.40. The van der Waals surface area contributed by atoms with Crippen molar-refractivity contribution in [2.24, 2.45) is 0 Å². The predicted molar refractivity (Wildman–Crippen MR) is 65.6 cm³/mol. The quantitative estimate of drug-likeness (QED) is 0.655. The van der Waals surface area contributed by atoms with E-state index in [1.165, 1.54) is 12.1 Å². The van der Waals surface area contributed by atoms with Crippen LogP contribution in [0.1, 0.15) is 27.0 Å². The van der Waals surface area contributed by atoms with Gasteiger partial charge in [-0.05, 0) is 23.8 Å². The number of ketones is 1. The summed E-state index contributed by atoms with van der Waals surface area (Å²) in [5.74, 6) is 0.189. The van der Waals surface area contributed by atoms with Gasteiger partial charge in [-0.1, -0.05) is 18.2 Å². The molecule has 3 rings (SSSR count). The number of carbonyl (C=O) groups is 1. The summed E-state index contributed by atoms with van der Waals surface area (Å²) < 4.78 is 18.5. The van der Waals surface area contributed by atoms with Crippen LogP contribution in [-0.2, 0) is 6.42 Å². The maximum Gasteiger partial charge on any atom is 0.193 e. The molecule has 0 spiro atoms. The molecule has 0 atom stereocenters. The minimum Gasteiger partial charge on any atom is -0.496 e. The molecule has 3 heteroatoms. The van der Waals surface area contributed by atoms with E-state index in [4.69, 9.17) is 4.74 Å². The molecule has 2 aromatic rings. The van der Waals surface area contributed by atoms with Crippen molar-refractivity contribution in [3.63, 3.8) is 0 Å². The molecule has 0 aliphatic heterocycles. The number of methoxy groups -OCH3 is 1. The SMILES string of the molecule is COc1cccc2c1Cc1ccc(F)cc1C2=O. The molecule has 0 aromatic heterocycles. The number of hydrogen-bond donors (Lipinski definition) is 0. The van der Waals surface area contributed by atoms with E-state index in [0.717, 1.165) is 11.1 Å². The summed E-state index contributed by atoms with van der Waals surface area (Å²) in [6.45, 7) is 0. The van der Waals surface area contributed by atoms with Crippen LogP contribution in [0.3, 0.4) is 0 Å². The minimum absolute atomic E-state index is 0.135. The van der Waals surface area contributed by atoms with Crippen molar-refractivity contribution in [2.75, 3.05) is 7.11 Å². The highest BCUT2D eigenvalue weighted by Crippen LogP contribution is 2.33. The average molecular weight is 242 g/mol. The van der Waals surface area contributed by atoms with Crippen molar-refractivity contribution in [1.82, 2.24) is 0 Å². The van der Waals surface area contributed by atoms with Gasteiger partial charge in [-0.15, -0.1) is 0 Å². The second-order valence-corrected chi connectivity index (χ2v) is 4.29. The molecular weight excluding hydrogens is 231 g/mol. The summed E-state index contributed by atoms with van der Waals surface area (Å²) in [4.78, 5) is 12.3. The van der Waals surface area contributed by atoms with Crippen LogP contribution in [-0.4, -0.2) is 12.9 Å². The summed E-state index contributed by atoms with van der Waals surface area (Å²) in [6.07, 6.45) is 0.598. The Kier molecular flexibility index (Phi) is 2.40. The minimum atomic E-state index is -0.381. The zero-order valence-corrected chi connectivity index (χ0v) is 9.87. The van der Waals surface area contributed by atoms with E-state index in [0.29, 0.717) is 23.3 Å². The molecule has 2 nitrogen and oxygen atoms in total. The van der Waals surface area contributed by atoms with Crippen LogP contribution in [0.2, 0.25) is 0 Å². The summed E-state index contributed by atoms with van der Waals surface area (Å²) >= 11 is 0. The third-order valence-electron chi connectivity index (χ3n) is 3.28. The molecule has 0 unspecified atom stereocenters. The van der Waals surface area contributed by atoms with Gasteiger partial charge in [-0.25, -0.2) is 4.39 Å². The maximum absolute atomic E-state index is 13.2. The highest BCUT2D eigenvalue weighted by atomic mass is 19.1. The highest BCUT2D eigenvalue weighted by molar-refractivity contribution is 6.12. The lowest BCUT2D eigenvalue weighted by Crippen LogP contribution is -2.16. The number of ether oxygens (including phenoxy) is 1. The summed E-state index contributed by atoms with van der Waals surface area (Å²) in [6, 6.07) is 9.72. The van der Waals surface area contributed by atoms with Crippen LogP contribution < -0.4 is 4.74 Å². The molecule has 0 fully saturated rings. The van der Waals surface area contributed by atoms with Crippen molar-refractivity contribution < 1.29 is 13.9 Å². The van der Waals surface area contributed by atoms with Gasteiger partial charge < -0.3 is 4.74 Å². The number of halogens is 1. The van der Waals surface area contributed by atoms with Gasteiger partial charge >= 0.3 is 0 Å². The Bertz CT molecular complexity index is 647. The van der Waals surface area contributed by atoms with E-state index in [2.05, 4.69) is 0 Å². The van der Waals surface area contributed by atoms with E-state index in [9.17, 15) is 9.18 Å². The smallest absolute Gasteiger partial charge is 0.193 e. The fourth-order valence-corrected chi connectivity index (χ4v) is 2.40. The average Bonchev–Trinajstić information content (AvgIpc) is 2.39. The molecule has 90 valence electrons. The van der Waals surface area contributed by atoms with Crippen LogP contribution in [0.15, 0.2) is 36.4 Å². The summed E-state index contributed by atoms with van der Waals surface area (Å²) in [7, 11) is 1.58. The standard InChI is InChI=1S/C15H11FO2/c1-18-14-4-2-3-11-13(14)7-9-5-6-10(16)8-12(9)15(11)17/h2-6,8H,7H2,1H3. The lowest BCUT2D eigenvalue weighted by Gasteiger charge is -2.20. The highest BCUT2D eigenvalue weighted by Gasteiger charge is 2.25. The molecule has 0 amide bonds. The predicted octanol–water partition coefficient (Wildman–Crippen LogP) is 2.97. The van der Waals surface area contributed by atoms with Crippen LogP contribution in [0.25, 0.3) is 0 Å². The first-order chi connectivity index (χ1) is 8.70. The number of rotatable bonds is 1. The second-order valence-electron chi connectivity index (χ2n) is 4.29. The van der Waals surface area contributed by atoms with Crippen LogP contribution >= 0.6 is 0 Å². The van der Waals surface area contributed by atoms with Crippen molar-refractivity contribution in [1.29, 1.82) is 0 Å². The van der Waals surface area contributed by atoms with E-state index in [-0.39, 0.29) is 11.6 Å². The van der Waals surface area contributed by atoms with Gasteiger partial charge in [0, 0.05) is 23.1 Å². The lowest BCUT2D eigenvalue weighted by molar-refractivity contribution is 0.103. The second kappa shape index (κ2) is 3.95. The third kappa shape index (κ3) is 1.51. The Balaban J connectivity index is 2.22. The molecule has 1 aliphatic rings. The Morgan fingerprint density at radius 2 is 2.00 bits per heavy atom. The molecule has 0 N–H and O–H groups in total. The monoisotopic (exact) mass is 242 g/mol. The molecule has 0 radical (unpaired) electrons. The number of hydrogen-bond acceptors (Lipinski definition) is 2. The summed E-state index contributed by atoms with van der Waals surface area (Å²) in [5, 5.41) is 0. The van der Waals surface area contributed by atoms with E-state index < -0.39 is 0 Å². The molecule has 2 aromatic carbocycles. The molecule has 0 heterocycles. The number of carbonyl (C=O) groups excluding carboxylic acids is 1.